The van der Waals surface area contributed by atoms with Gasteiger partial charge in [0.25, 0.3) is 0 Å². The fourth-order valence-corrected chi connectivity index (χ4v) is 3.00. The van der Waals surface area contributed by atoms with Crippen molar-refractivity contribution in [3.63, 3.8) is 0 Å². The first-order chi connectivity index (χ1) is 10.2. The van der Waals surface area contributed by atoms with Crippen LogP contribution in [0.1, 0.15) is 24.9 Å². The Morgan fingerprint density at radius 3 is 1.91 bits per heavy atom. The lowest BCUT2D eigenvalue weighted by atomic mass is 9.99. The number of nitrogens with one attached hydrogen (secondary N) is 1. The Labute approximate surface area is 151 Å². The van der Waals surface area contributed by atoms with E-state index in [0.29, 0.717) is 6.04 Å². The quantitative estimate of drug-likeness (QED) is 0.838. The molecule has 1 aliphatic rings. The summed E-state index contributed by atoms with van der Waals surface area (Å²) in [4.78, 5) is 2.49. The van der Waals surface area contributed by atoms with E-state index in [1.807, 2.05) is 12.1 Å². The maximum Gasteiger partial charge on any atom is 0.131 e. The highest BCUT2D eigenvalue weighted by Crippen LogP contribution is 2.41. The molecule has 0 saturated carbocycles. The summed E-state index contributed by atoms with van der Waals surface area (Å²) in [5, 5.41) is 3.40. The fraction of sp³-hybridized carbons (Fsp3) is 0.625. The fourth-order valence-electron chi connectivity index (χ4n) is 3.00. The van der Waals surface area contributed by atoms with E-state index in [1.54, 1.807) is 21.3 Å². The molecule has 0 amide bonds. The number of methoxy groups -OCH3 is 3. The highest BCUT2D eigenvalue weighted by atomic mass is 35.5. The van der Waals surface area contributed by atoms with Gasteiger partial charge in [-0.05, 0) is 6.42 Å². The minimum atomic E-state index is 0. The van der Waals surface area contributed by atoms with Crippen molar-refractivity contribution in [1.82, 2.24) is 10.2 Å². The minimum absolute atomic E-state index is 0. The molecule has 5 nitrogen and oxygen atoms in total. The second kappa shape index (κ2) is 10.8. The zero-order valence-corrected chi connectivity index (χ0v) is 15.9. The third-order valence-corrected chi connectivity index (χ3v) is 4.07. The van der Waals surface area contributed by atoms with Crippen molar-refractivity contribution < 1.29 is 14.2 Å². The maximum absolute atomic E-state index is 5.60. The lowest BCUT2D eigenvalue weighted by molar-refractivity contribution is 0.163. The normalized spacial score (nSPS) is 15.8. The van der Waals surface area contributed by atoms with Crippen LogP contribution in [-0.2, 0) is 0 Å². The zero-order valence-electron chi connectivity index (χ0n) is 14.3. The molecular weight excluding hydrogens is 339 g/mol. The molecule has 1 aromatic carbocycles. The van der Waals surface area contributed by atoms with Crippen LogP contribution in [0, 0.1) is 0 Å². The van der Waals surface area contributed by atoms with Gasteiger partial charge in [0.15, 0.2) is 0 Å². The maximum atomic E-state index is 5.60. The number of ether oxygens (including phenoxy) is 3. The first-order valence-corrected chi connectivity index (χ1v) is 7.49. The van der Waals surface area contributed by atoms with Crippen LogP contribution in [0.25, 0.3) is 0 Å². The van der Waals surface area contributed by atoms with Gasteiger partial charge in [-0.2, -0.15) is 0 Å². The molecule has 1 aromatic rings. The predicted molar refractivity (Wildman–Crippen MR) is 98.1 cm³/mol. The van der Waals surface area contributed by atoms with Gasteiger partial charge < -0.3 is 19.5 Å². The van der Waals surface area contributed by atoms with Crippen LogP contribution < -0.4 is 19.5 Å². The standard InChI is InChI=1S/C16H26N2O3.2ClH/c1-5-13(18-8-6-17-7-9-18)16-14(20-3)10-12(19-2)11-15(16)21-4;;/h10-11,13,17H,5-9H2,1-4H3;2*1H/t13-;;/m0../s1. The van der Waals surface area contributed by atoms with Crippen LogP contribution in [0.3, 0.4) is 0 Å². The van der Waals surface area contributed by atoms with Crippen LogP contribution >= 0.6 is 24.8 Å². The Hall–Kier alpha value is -0.880. The molecule has 0 spiro atoms. The molecule has 23 heavy (non-hydrogen) atoms. The third-order valence-electron chi connectivity index (χ3n) is 4.07. The smallest absolute Gasteiger partial charge is 0.131 e. The summed E-state index contributed by atoms with van der Waals surface area (Å²) >= 11 is 0. The molecule has 2 rings (SSSR count). The highest BCUT2D eigenvalue weighted by Gasteiger charge is 2.27. The van der Waals surface area contributed by atoms with E-state index < -0.39 is 0 Å². The monoisotopic (exact) mass is 366 g/mol. The lowest BCUT2D eigenvalue weighted by Crippen LogP contribution is -2.45. The van der Waals surface area contributed by atoms with Gasteiger partial charge in [-0.1, -0.05) is 6.92 Å². The van der Waals surface area contributed by atoms with E-state index in [1.165, 1.54) is 0 Å². The van der Waals surface area contributed by atoms with Crippen molar-refractivity contribution in [2.45, 2.75) is 19.4 Å². The van der Waals surface area contributed by atoms with E-state index in [9.17, 15) is 0 Å². The second-order valence-corrected chi connectivity index (χ2v) is 5.16. The van der Waals surface area contributed by atoms with Gasteiger partial charge in [-0.25, -0.2) is 0 Å². The van der Waals surface area contributed by atoms with Crippen LogP contribution in [0.4, 0.5) is 0 Å². The van der Waals surface area contributed by atoms with E-state index in [2.05, 4.69) is 17.1 Å². The molecule has 0 aromatic heterocycles. The van der Waals surface area contributed by atoms with Gasteiger partial charge in [0, 0.05) is 44.4 Å². The Bertz CT molecular complexity index is 444. The van der Waals surface area contributed by atoms with Gasteiger partial charge in [0.1, 0.15) is 17.2 Å². The van der Waals surface area contributed by atoms with Crippen LogP contribution in [0.2, 0.25) is 0 Å². The molecule has 1 atom stereocenters. The molecule has 0 bridgehead atoms. The zero-order chi connectivity index (χ0) is 15.2. The molecule has 0 unspecified atom stereocenters. The van der Waals surface area contributed by atoms with Crippen LogP contribution in [0.5, 0.6) is 17.2 Å². The van der Waals surface area contributed by atoms with Crippen molar-refractivity contribution in [1.29, 1.82) is 0 Å². The van der Waals surface area contributed by atoms with Gasteiger partial charge >= 0.3 is 0 Å². The summed E-state index contributed by atoms with van der Waals surface area (Å²) in [6.07, 6.45) is 1.01. The largest absolute Gasteiger partial charge is 0.496 e. The van der Waals surface area contributed by atoms with Gasteiger partial charge in [-0.3, -0.25) is 4.90 Å². The molecule has 7 heteroatoms. The number of halogens is 2. The molecule has 0 aliphatic carbocycles. The molecular formula is C16H28Cl2N2O3. The Morgan fingerprint density at radius 2 is 1.52 bits per heavy atom. The van der Waals surface area contributed by atoms with Gasteiger partial charge in [-0.15, -0.1) is 24.8 Å². The van der Waals surface area contributed by atoms with Gasteiger partial charge in [0.2, 0.25) is 0 Å². The molecule has 1 fully saturated rings. The minimum Gasteiger partial charge on any atom is -0.496 e. The van der Waals surface area contributed by atoms with E-state index in [0.717, 1.165) is 55.4 Å². The van der Waals surface area contributed by atoms with E-state index in [4.69, 9.17) is 14.2 Å². The van der Waals surface area contributed by atoms with Crippen molar-refractivity contribution in [3.05, 3.63) is 17.7 Å². The number of hydrogen-bond donors (Lipinski definition) is 1. The summed E-state index contributed by atoms with van der Waals surface area (Å²) in [6.45, 7) is 6.33. The number of benzene rings is 1. The van der Waals surface area contributed by atoms with E-state index in [-0.39, 0.29) is 24.8 Å². The Morgan fingerprint density at radius 1 is 1.00 bits per heavy atom. The average Bonchev–Trinajstić information content (AvgIpc) is 2.56. The molecule has 1 saturated heterocycles. The summed E-state index contributed by atoms with van der Waals surface area (Å²) < 4.78 is 16.5. The highest BCUT2D eigenvalue weighted by molar-refractivity contribution is 5.85. The Balaban J connectivity index is 0.00000242. The predicted octanol–water partition coefficient (Wildman–Crippen LogP) is 2.91. The lowest BCUT2D eigenvalue weighted by Gasteiger charge is -2.36. The molecule has 134 valence electrons. The third kappa shape index (κ3) is 5.05. The number of piperazine rings is 1. The van der Waals surface area contributed by atoms with E-state index >= 15 is 0 Å². The number of rotatable bonds is 6. The summed E-state index contributed by atoms with van der Waals surface area (Å²) in [5.41, 5.74) is 1.12. The van der Waals surface area contributed by atoms with Crippen LogP contribution in [0.15, 0.2) is 12.1 Å². The average molecular weight is 367 g/mol. The van der Waals surface area contributed by atoms with Crippen molar-refractivity contribution in [3.8, 4) is 17.2 Å². The Kier molecular flexibility index (Phi) is 10.4. The van der Waals surface area contributed by atoms with Crippen molar-refractivity contribution in [2.24, 2.45) is 0 Å². The SMILES string of the molecule is CC[C@@H](c1c(OC)cc(OC)cc1OC)N1CCNCC1.Cl.Cl. The second-order valence-electron chi connectivity index (χ2n) is 5.16. The topological polar surface area (TPSA) is 43.0 Å². The molecule has 0 radical (unpaired) electrons. The molecule has 1 aliphatic heterocycles. The number of hydrogen-bond acceptors (Lipinski definition) is 5. The number of nitrogens with zero attached hydrogens (tertiary/aromatic N) is 1. The summed E-state index contributed by atoms with van der Waals surface area (Å²) in [7, 11) is 5.05. The first-order valence-electron chi connectivity index (χ1n) is 7.49. The van der Waals surface area contributed by atoms with Crippen LogP contribution in [-0.4, -0.2) is 52.4 Å². The first kappa shape index (κ1) is 22.1. The summed E-state index contributed by atoms with van der Waals surface area (Å²) in [5.74, 6) is 2.41. The molecule has 1 N–H and O–H groups in total. The van der Waals surface area contributed by atoms with Crippen molar-refractivity contribution in [2.75, 3.05) is 47.5 Å². The molecule has 1 heterocycles. The summed E-state index contributed by atoms with van der Waals surface area (Å²) in [6, 6.07) is 4.16. The van der Waals surface area contributed by atoms with Gasteiger partial charge in [0.05, 0.1) is 26.9 Å². The van der Waals surface area contributed by atoms with Crippen molar-refractivity contribution >= 4 is 24.8 Å².